The van der Waals surface area contributed by atoms with E-state index in [9.17, 15) is 9.59 Å². The topological polar surface area (TPSA) is 52.6 Å². The van der Waals surface area contributed by atoms with E-state index in [2.05, 4.69) is 0 Å². The van der Waals surface area contributed by atoms with E-state index in [0.29, 0.717) is 12.8 Å². The summed E-state index contributed by atoms with van der Waals surface area (Å²) in [5.74, 6) is 1.21. The van der Waals surface area contributed by atoms with Crippen molar-refractivity contribution in [1.29, 1.82) is 0 Å². The molecule has 0 aromatic heterocycles. The number of methoxy groups -OCH3 is 2. The van der Waals surface area contributed by atoms with Crippen molar-refractivity contribution < 1.29 is 19.1 Å². The van der Waals surface area contributed by atoms with Crippen LogP contribution in [0.4, 0.5) is 0 Å². The van der Waals surface area contributed by atoms with Gasteiger partial charge in [0, 0.05) is 24.7 Å². The highest BCUT2D eigenvalue weighted by Gasteiger charge is 2.36. The molecule has 27 heavy (non-hydrogen) atoms. The lowest BCUT2D eigenvalue weighted by molar-refractivity contribution is -0.124. The fourth-order valence-electron chi connectivity index (χ4n) is 3.75. The molecule has 140 valence electrons. The molecular formula is C23H24O4. The summed E-state index contributed by atoms with van der Waals surface area (Å²) in [6.07, 6.45) is 5.73. The molecule has 2 aromatic rings. The Labute approximate surface area is 159 Å². The number of allylic oxidation sites excluding steroid dienone is 1. The van der Waals surface area contributed by atoms with Crippen LogP contribution >= 0.6 is 0 Å². The molecule has 0 saturated heterocycles. The second kappa shape index (κ2) is 8.67. The van der Waals surface area contributed by atoms with E-state index in [1.807, 2.05) is 60.7 Å². The Morgan fingerprint density at radius 3 is 2.37 bits per heavy atom. The van der Waals surface area contributed by atoms with Crippen molar-refractivity contribution in [2.45, 2.75) is 18.8 Å². The average molecular weight is 364 g/mol. The second-order valence-electron chi connectivity index (χ2n) is 6.84. The Morgan fingerprint density at radius 2 is 1.67 bits per heavy atom. The molecule has 0 amide bonds. The fraction of sp³-hybridized carbons (Fsp3) is 0.304. The standard InChI is InChI=1S/C23H24O4/c1-26-20-7-3-5-16(11-20)9-10-18-12-19(25)14-22(23(18)15-24)17-6-4-8-21(13-17)27-2/h3-11,13,15,18,22-23H,12,14H2,1-2H3/b10-9+/t18-,22-,23+/m0/s1. The van der Waals surface area contributed by atoms with Gasteiger partial charge in [0.2, 0.25) is 0 Å². The van der Waals surface area contributed by atoms with Gasteiger partial charge in [-0.1, -0.05) is 36.4 Å². The highest BCUT2D eigenvalue weighted by molar-refractivity contribution is 5.83. The van der Waals surface area contributed by atoms with Crippen LogP contribution in [0.1, 0.15) is 29.9 Å². The van der Waals surface area contributed by atoms with Crippen molar-refractivity contribution in [3.05, 3.63) is 65.7 Å². The zero-order chi connectivity index (χ0) is 19.2. The van der Waals surface area contributed by atoms with E-state index < -0.39 is 0 Å². The van der Waals surface area contributed by atoms with Gasteiger partial charge in [0.25, 0.3) is 0 Å². The quantitative estimate of drug-likeness (QED) is 0.718. The number of Topliss-reactive ketones (excluding diaryl/α,β-unsaturated/α-hetero) is 1. The molecule has 0 radical (unpaired) electrons. The number of carbonyl (C=O) groups is 2. The van der Waals surface area contributed by atoms with Crippen molar-refractivity contribution >= 4 is 18.1 Å². The Hall–Kier alpha value is -2.88. The van der Waals surface area contributed by atoms with Crippen LogP contribution in [-0.2, 0) is 9.59 Å². The lowest BCUT2D eigenvalue weighted by Crippen LogP contribution is -2.31. The Kier molecular flexibility index (Phi) is 6.07. The summed E-state index contributed by atoms with van der Waals surface area (Å²) in [5, 5.41) is 0. The first-order valence-corrected chi connectivity index (χ1v) is 9.07. The number of ketones is 1. The molecule has 0 unspecified atom stereocenters. The summed E-state index contributed by atoms with van der Waals surface area (Å²) in [4.78, 5) is 24.3. The number of carbonyl (C=O) groups excluding carboxylic acids is 2. The van der Waals surface area contributed by atoms with Gasteiger partial charge in [-0.05, 0) is 41.3 Å². The molecule has 0 N–H and O–H groups in total. The normalized spacial score (nSPS) is 22.6. The van der Waals surface area contributed by atoms with E-state index in [1.54, 1.807) is 14.2 Å². The van der Waals surface area contributed by atoms with Crippen molar-refractivity contribution in [3.8, 4) is 11.5 Å². The molecule has 3 rings (SSSR count). The van der Waals surface area contributed by atoms with E-state index in [4.69, 9.17) is 9.47 Å². The van der Waals surface area contributed by atoms with Gasteiger partial charge < -0.3 is 14.3 Å². The molecule has 4 heteroatoms. The van der Waals surface area contributed by atoms with Gasteiger partial charge in [-0.15, -0.1) is 0 Å². The first kappa shape index (κ1) is 18.9. The first-order valence-electron chi connectivity index (χ1n) is 9.07. The van der Waals surface area contributed by atoms with Crippen LogP contribution in [-0.4, -0.2) is 26.3 Å². The van der Waals surface area contributed by atoms with E-state index in [0.717, 1.165) is 28.9 Å². The second-order valence-corrected chi connectivity index (χ2v) is 6.84. The summed E-state index contributed by atoms with van der Waals surface area (Å²) < 4.78 is 10.5. The van der Waals surface area contributed by atoms with Crippen LogP contribution in [0.5, 0.6) is 11.5 Å². The lowest BCUT2D eigenvalue weighted by Gasteiger charge is -2.33. The molecule has 0 heterocycles. The van der Waals surface area contributed by atoms with Crippen LogP contribution in [0.25, 0.3) is 6.08 Å². The molecule has 0 spiro atoms. The van der Waals surface area contributed by atoms with Crippen molar-refractivity contribution in [2.24, 2.45) is 11.8 Å². The zero-order valence-electron chi connectivity index (χ0n) is 15.6. The number of hydrogen-bond acceptors (Lipinski definition) is 4. The summed E-state index contributed by atoms with van der Waals surface area (Å²) in [7, 11) is 3.24. The first-order chi connectivity index (χ1) is 13.1. The third-order valence-corrected chi connectivity index (χ3v) is 5.18. The average Bonchev–Trinajstić information content (AvgIpc) is 2.72. The molecule has 1 saturated carbocycles. The molecule has 1 fully saturated rings. The number of ether oxygens (including phenoxy) is 2. The predicted molar refractivity (Wildman–Crippen MR) is 105 cm³/mol. The van der Waals surface area contributed by atoms with Gasteiger partial charge >= 0.3 is 0 Å². The van der Waals surface area contributed by atoms with E-state index >= 15 is 0 Å². The number of rotatable bonds is 6. The minimum atomic E-state index is -0.239. The van der Waals surface area contributed by atoms with E-state index in [-0.39, 0.29) is 23.5 Å². The van der Waals surface area contributed by atoms with Crippen LogP contribution in [0.15, 0.2) is 54.6 Å². The number of aldehydes is 1. The number of benzene rings is 2. The lowest BCUT2D eigenvalue weighted by atomic mass is 9.69. The third-order valence-electron chi connectivity index (χ3n) is 5.18. The van der Waals surface area contributed by atoms with Gasteiger partial charge in [0.1, 0.15) is 23.6 Å². The maximum Gasteiger partial charge on any atom is 0.134 e. The molecule has 1 aliphatic carbocycles. The van der Waals surface area contributed by atoms with Gasteiger partial charge in [-0.25, -0.2) is 0 Å². The van der Waals surface area contributed by atoms with Crippen molar-refractivity contribution in [2.75, 3.05) is 14.2 Å². The fourth-order valence-corrected chi connectivity index (χ4v) is 3.75. The molecule has 0 aliphatic heterocycles. The van der Waals surface area contributed by atoms with Gasteiger partial charge in [-0.2, -0.15) is 0 Å². The maximum atomic E-state index is 12.4. The summed E-state index contributed by atoms with van der Waals surface area (Å²) in [6.45, 7) is 0. The summed E-state index contributed by atoms with van der Waals surface area (Å²) in [5.41, 5.74) is 1.95. The smallest absolute Gasteiger partial charge is 0.134 e. The van der Waals surface area contributed by atoms with Crippen LogP contribution in [0.3, 0.4) is 0 Å². The van der Waals surface area contributed by atoms with E-state index in [1.165, 1.54) is 0 Å². The molecule has 2 aromatic carbocycles. The van der Waals surface area contributed by atoms with Gasteiger partial charge in [0.15, 0.2) is 0 Å². The Morgan fingerprint density at radius 1 is 0.963 bits per heavy atom. The molecule has 4 nitrogen and oxygen atoms in total. The number of hydrogen-bond donors (Lipinski definition) is 0. The predicted octanol–water partition coefficient (Wildman–Crippen LogP) is 4.30. The van der Waals surface area contributed by atoms with Crippen molar-refractivity contribution in [3.63, 3.8) is 0 Å². The Balaban J connectivity index is 1.86. The molecular weight excluding hydrogens is 340 g/mol. The third kappa shape index (κ3) is 4.45. The zero-order valence-corrected chi connectivity index (χ0v) is 15.6. The minimum absolute atomic E-state index is 0.119. The monoisotopic (exact) mass is 364 g/mol. The van der Waals surface area contributed by atoms with Crippen LogP contribution in [0, 0.1) is 11.8 Å². The van der Waals surface area contributed by atoms with Gasteiger partial charge in [-0.3, -0.25) is 4.79 Å². The molecule has 1 aliphatic rings. The van der Waals surface area contributed by atoms with Gasteiger partial charge in [0.05, 0.1) is 14.2 Å². The maximum absolute atomic E-state index is 12.4. The highest BCUT2D eigenvalue weighted by atomic mass is 16.5. The molecule has 3 atom stereocenters. The van der Waals surface area contributed by atoms with Crippen molar-refractivity contribution in [1.82, 2.24) is 0 Å². The highest BCUT2D eigenvalue weighted by Crippen LogP contribution is 2.40. The SMILES string of the molecule is COc1cccc(/C=C/[C@H]2CC(=O)C[C@@H](c3cccc(OC)c3)[C@@H]2C=O)c1. The summed E-state index contributed by atoms with van der Waals surface area (Å²) >= 11 is 0. The minimum Gasteiger partial charge on any atom is -0.497 e. The molecule has 0 bridgehead atoms. The largest absolute Gasteiger partial charge is 0.497 e. The van der Waals surface area contributed by atoms with Crippen LogP contribution in [0.2, 0.25) is 0 Å². The Bertz CT molecular complexity index is 840. The van der Waals surface area contributed by atoms with Crippen LogP contribution < -0.4 is 9.47 Å². The summed E-state index contributed by atoms with van der Waals surface area (Å²) in [6, 6.07) is 15.3.